The number of ether oxygens (including phenoxy) is 4. The molecule has 2 aromatic carbocycles. The van der Waals surface area contributed by atoms with Gasteiger partial charge in [0.2, 0.25) is 6.10 Å². The van der Waals surface area contributed by atoms with E-state index >= 15 is 0 Å². The monoisotopic (exact) mass is 432 g/mol. The lowest BCUT2D eigenvalue weighted by molar-refractivity contribution is -0.149. The zero-order valence-electron chi connectivity index (χ0n) is 14.6. The normalized spacial score (nSPS) is 11.6. The molecule has 0 saturated carbocycles. The fourth-order valence-corrected chi connectivity index (χ4v) is 2.51. The molecule has 0 fully saturated rings. The van der Waals surface area contributed by atoms with Crippen LogP contribution in [0.3, 0.4) is 0 Å². The molecular formula is C19H19Cl3O5. The molecule has 0 saturated heterocycles. The maximum Gasteiger partial charge on any atom is 0.351 e. The lowest BCUT2D eigenvalue weighted by atomic mass is 10.1. The highest BCUT2D eigenvalue weighted by Crippen LogP contribution is 2.32. The molecule has 2 aromatic rings. The van der Waals surface area contributed by atoms with Crippen LogP contribution >= 0.6 is 34.8 Å². The predicted molar refractivity (Wildman–Crippen MR) is 106 cm³/mol. The van der Waals surface area contributed by atoms with E-state index in [0.717, 1.165) is 0 Å². The standard InChI is InChI=1S/C19H19Cl3O5/c1-24-19(23)18(13-2-4-14(22)5-3-13)27-17-11-15(25-8-6-20)10-16(12-17)26-9-7-21/h2-5,10-12,18H,6-9H2,1H3. The van der Waals surface area contributed by atoms with Gasteiger partial charge in [0.1, 0.15) is 30.5 Å². The number of carbonyl (C=O) groups is 1. The highest BCUT2D eigenvalue weighted by molar-refractivity contribution is 6.30. The van der Waals surface area contributed by atoms with Crippen LogP contribution in [0.4, 0.5) is 0 Å². The van der Waals surface area contributed by atoms with Crippen LogP contribution in [0, 0.1) is 0 Å². The summed E-state index contributed by atoms with van der Waals surface area (Å²) >= 11 is 17.3. The molecule has 1 unspecified atom stereocenters. The van der Waals surface area contributed by atoms with Gasteiger partial charge in [0.15, 0.2) is 0 Å². The molecule has 8 heteroatoms. The minimum Gasteiger partial charge on any atom is -0.492 e. The highest BCUT2D eigenvalue weighted by atomic mass is 35.5. The Morgan fingerprint density at radius 1 is 0.926 bits per heavy atom. The molecule has 0 N–H and O–H groups in total. The van der Waals surface area contributed by atoms with Crippen LogP contribution in [-0.4, -0.2) is 38.1 Å². The first-order valence-electron chi connectivity index (χ1n) is 8.10. The van der Waals surface area contributed by atoms with Gasteiger partial charge in [-0.05, 0) is 12.1 Å². The molecule has 0 aliphatic carbocycles. The van der Waals surface area contributed by atoms with Crippen molar-refractivity contribution in [1.29, 1.82) is 0 Å². The minimum atomic E-state index is -0.976. The maximum atomic E-state index is 12.2. The van der Waals surface area contributed by atoms with E-state index in [1.807, 2.05) is 0 Å². The van der Waals surface area contributed by atoms with E-state index in [-0.39, 0.29) is 0 Å². The van der Waals surface area contributed by atoms with Crippen LogP contribution < -0.4 is 14.2 Å². The Hall–Kier alpha value is -1.82. The lowest BCUT2D eigenvalue weighted by Crippen LogP contribution is -2.20. The fraction of sp³-hybridized carbons (Fsp3) is 0.316. The summed E-state index contributed by atoms with van der Waals surface area (Å²) in [6, 6.07) is 11.7. The molecule has 2 rings (SSSR count). The predicted octanol–water partition coefficient (Wildman–Crippen LogP) is 4.87. The zero-order chi connectivity index (χ0) is 19.6. The molecule has 0 aliphatic rings. The lowest BCUT2D eigenvalue weighted by Gasteiger charge is -2.19. The number of methoxy groups -OCH3 is 1. The summed E-state index contributed by atoms with van der Waals surface area (Å²) in [5.41, 5.74) is 0.599. The first-order valence-corrected chi connectivity index (χ1v) is 9.54. The molecule has 0 heterocycles. The number of hydrogen-bond acceptors (Lipinski definition) is 5. The van der Waals surface area contributed by atoms with Crippen molar-refractivity contribution in [3.05, 3.63) is 53.1 Å². The smallest absolute Gasteiger partial charge is 0.351 e. The Bertz CT molecular complexity index is 710. The first kappa shape index (κ1) is 21.5. The number of hydrogen-bond donors (Lipinski definition) is 0. The van der Waals surface area contributed by atoms with E-state index < -0.39 is 12.1 Å². The van der Waals surface area contributed by atoms with Gasteiger partial charge in [0, 0.05) is 28.8 Å². The van der Waals surface area contributed by atoms with Crippen LogP contribution in [0.2, 0.25) is 5.02 Å². The van der Waals surface area contributed by atoms with E-state index in [2.05, 4.69) is 0 Å². The van der Waals surface area contributed by atoms with Gasteiger partial charge in [-0.1, -0.05) is 23.7 Å². The van der Waals surface area contributed by atoms with Gasteiger partial charge in [0.25, 0.3) is 0 Å². The van der Waals surface area contributed by atoms with Gasteiger partial charge in [-0.25, -0.2) is 4.79 Å². The van der Waals surface area contributed by atoms with Crippen molar-refractivity contribution >= 4 is 40.8 Å². The van der Waals surface area contributed by atoms with Crippen LogP contribution in [0.5, 0.6) is 17.2 Å². The molecular weight excluding hydrogens is 415 g/mol. The third-order valence-electron chi connectivity index (χ3n) is 3.39. The minimum absolute atomic E-state index is 0.317. The topological polar surface area (TPSA) is 54.0 Å². The Morgan fingerprint density at radius 2 is 1.44 bits per heavy atom. The van der Waals surface area contributed by atoms with Crippen molar-refractivity contribution in [3.63, 3.8) is 0 Å². The summed E-state index contributed by atoms with van der Waals surface area (Å²) in [6.07, 6.45) is -0.976. The molecule has 0 spiro atoms. The number of esters is 1. The average molecular weight is 434 g/mol. The fourth-order valence-electron chi connectivity index (χ4n) is 2.23. The molecule has 0 aromatic heterocycles. The second-order valence-corrected chi connectivity index (χ2v) is 6.48. The van der Waals surface area contributed by atoms with Gasteiger partial charge in [-0.15, -0.1) is 23.2 Å². The van der Waals surface area contributed by atoms with Crippen LogP contribution in [0.15, 0.2) is 42.5 Å². The molecule has 0 bridgehead atoms. The largest absolute Gasteiger partial charge is 0.492 e. The van der Waals surface area contributed by atoms with Crippen LogP contribution in [0.1, 0.15) is 11.7 Å². The van der Waals surface area contributed by atoms with E-state index in [9.17, 15) is 4.79 Å². The first-order chi connectivity index (χ1) is 13.1. The Balaban J connectivity index is 2.31. The molecule has 0 amide bonds. The molecule has 1 atom stereocenters. The Morgan fingerprint density at radius 3 is 1.93 bits per heavy atom. The second kappa shape index (κ2) is 11.1. The number of benzene rings is 2. The van der Waals surface area contributed by atoms with Gasteiger partial charge in [-0.3, -0.25) is 0 Å². The zero-order valence-corrected chi connectivity index (χ0v) is 16.9. The van der Waals surface area contributed by atoms with Gasteiger partial charge >= 0.3 is 5.97 Å². The Kier molecular flexibility index (Phi) is 8.85. The molecule has 5 nitrogen and oxygen atoms in total. The van der Waals surface area contributed by atoms with Crippen molar-refractivity contribution in [2.24, 2.45) is 0 Å². The molecule has 0 radical (unpaired) electrons. The summed E-state index contributed by atoms with van der Waals surface area (Å²) in [6.45, 7) is 0.634. The summed E-state index contributed by atoms with van der Waals surface area (Å²) in [5.74, 6) is 1.48. The number of halogens is 3. The number of rotatable bonds is 10. The molecule has 27 heavy (non-hydrogen) atoms. The van der Waals surface area contributed by atoms with E-state index in [0.29, 0.717) is 52.8 Å². The summed E-state index contributed by atoms with van der Waals surface area (Å²) in [7, 11) is 1.30. The van der Waals surface area contributed by atoms with E-state index in [4.69, 9.17) is 53.8 Å². The third-order valence-corrected chi connectivity index (χ3v) is 3.95. The SMILES string of the molecule is COC(=O)C(Oc1cc(OCCCl)cc(OCCCl)c1)c1ccc(Cl)cc1. The number of alkyl halides is 2. The average Bonchev–Trinajstić information content (AvgIpc) is 2.69. The maximum absolute atomic E-state index is 12.2. The highest BCUT2D eigenvalue weighted by Gasteiger charge is 2.24. The summed E-state index contributed by atoms with van der Waals surface area (Å²) in [4.78, 5) is 12.2. The van der Waals surface area contributed by atoms with Crippen molar-refractivity contribution in [1.82, 2.24) is 0 Å². The van der Waals surface area contributed by atoms with E-state index in [1.54, 1.807) is 42.5 Å². The van der Waals surface area contributed by atoms with Crippen LogP contribution in [0.25, 0.3) is 0 Å². The molecule has 0 aliphatic heterocycles. The van der Waals surface area contributed by atoms with Crippen LogP contribution in [-0.2, 0) is 9.53 Å². The second-order valence-electron chi connectivity index (χ2n) is 5.29. The van der Waals surface area contributed by atoms with Gasteiger partial charge in [0.05, 0.1) is 18.9 Å². The third kappa shape index (κ3) is 6.69. The van der Waals surface area contributed by atoms with Crippen molar-refractivity contribution in [2.75, 3.05) is 32.1 Å². The molecule has 146 valence electrons. The summed E-state index contributed by atoms with van der Waals surface area (Å²) < 4.78 is 21.9. The van der Waals surface area contributed by atoms with Crippen molar-refractivity contribution in [3.8, 4) is 17.2 Å². The van der Waals surface area contributed by atoms with Gasteiger partial charge < -0.3 is 18.9 Å². The van der Waals surface area contributed by atoms with Gasteiger partial charge in [-0.2, -0.15) is 0 Å². The van der Waals surface area contributed by atoms with Crippen molar-refractivity contribution < 1.29 is 23.7 Å². The summed E-state index contributed by atoms with van der Waals surface area (Å²) in [5, 5.41) is 0.551. The Labute approximate surface area is 173 Å². The number of carbonyl (C=O) groups excluding carboxylic acids is 1. The van der Waals surface area contributed by atoms with Crippen molar-refractivity contribution in [2.45, 2.75) is 6.10 Å². The van der Waals surface area contributed by atoms with E-state index in [1.165, 1.54) is 7.11 Å². The quantitative estimate of drug-likeness (QED) is 0.395.